The Morgan fingerprint density at radius 2 is 0.939 bits per heavy atom. The summed E-state index contributed by atoms with van der Waals surface area (Å²) in [5, 5.41) is 41.0. The maximum Gasteiger partial charge on any atom is 0.306 e. The molecule has 0 saturated heterocycles. The van der Waals surface area contributed by atoms with Crippen molar-refractivity contribution in [1.29, 1.82) is 0 Å². The minimum absolute atomic E-state index is 0. The number of ether oxygens (including phenoxy) is 2. The topological polar surface area (TPSA) is 335 Å². The summed E-state index contributed by atoms with van der Waals surface area (Å²) >= 11 is 0. The molecule has 0 spiro atoms. The van der Waals surface area contributed by atoms with Gasteiger partial charge in [0, 0.05) is 12.8 Å². The van der Waals surface area contributed by atoms with Crippen molar-refractivity contribution >= 4 is 27.6 Å². The van der Waals surface area contributed by atoms with Gasteiger partial charge in [-0.25, -0.2) is 0 Å². The highest BCUT2D eigenvalue weighted by molar-refractivity contribution is 7.46. The predicted molar refractivity (Wildman–Crippen MR) is 253 cm³/mol. The lowest BCUT2D eigenvalue weighted by atomic mass is 9.85. The second-order valence-electron chi connectivity index (χ2n) is 16.4. The fourth-order valence-corrected chi connectivity index (χ4v) is 8.46. The van der Waals surface area contributed by atoms with Crippen LogP contribution in [0.2, 0.25) is 0 Å². The number of quaternary nitrogens is 2. The number of phosphoric acid groups is 2. The number of hydrogen-bond acceptors (Lipinski definition) is 15. The van der Waals surface area contributed by atoms with Crippen molar-refractivity contribution in [2.24, 2.45) is 0 Å². The minimum Gasteiger partial charge on any atom is -0.756 e. The maximum absolute atomic E-state index is 12.8. The molecule has 1 rings (SSSR count). The van der Waals surface area contributed by atoms with Crippen LogP contribution in [0.1, 0.15) is 174 Å². The second-order valence-corrected chi connectivity index (χ2v) is 18.9. The van der Waals surface area contributed by atoms with Crippen molar-refractivity contribution in [2.75, 3.05) is 13.2 Å². The zero-order valence-electron chi connectivity index (χ0n) is 40.4. The van der Waals surface area contributed by atoms with E-state index >= 15 is 0 Å². The van der Waals surface area contributed by atoms with Gasteiger partial charge in [-0.3, -0.25) is 18.7 Å². The van der Waals surface area contributed by atoms with Crippen molar-refractivity contribution in [1.82, 2.24) is 12.3 Å². The first-order chi connectivity index (χ1) is 30.6. The van der Waals surface area contributed by atoms with Crippen molar-refractivity contribution in [3.63, 3.8) is 0 Å². The molecule has 20 heteroatoms. The van der Waals surface area contributed by atoms with Crippen molar-refractivity contribution < 1.29 is 76.9 Å². The highest BCUT2D eigenvalue weighted by atomic mass is 31.2. The van der Waals surface area contributed by atoms with E-state index in [9.17, 15) is 48.9 Å². The van der Waals surface area contributed by atoms with Crippen molar-refractivity contribution in [3.05, 3.63) is 48.6 Å². The molecule has 0 bridgehead atoms. The van der Waals surface area contributed by atoms with E-state index in [2.05, 4.69) is 48.8 Å². The molecule has 0 heterocycles. The average Bonchev–Trinajstić information content (AvgIpc) is 3.25. The number of aliphatic hydroxyl groups is 4. The van der Waals surface area contributed by atoms with Gasteiger partial charge in [-0.1, -0.05) is 159 Å². The molecule has 9 atom stereocenters. The van der Waals surface area contributed by atoms with Crippen LogP contribution in [0.25, 0.3) is 0 Å². The molecule has 2 unspecified atom stereocenters. The first kappa shape index (κ1) is 66.0. The average molecular weight is 987 g/mol. The van der Waals surface area contributed by atoms with E-state index in [4.69, 9.17) is 23.4 Å². The van der Waals surface area contributed by atoms with Gasteiger partial charge in [0.1, 0.15) is 43.2 Å². The largest absolute Gasteiger partial charge is 0.756 e. The highest BCUT2D eigenvalue weighted by Crippen LogP contribution is 2.45. The van der Waals surface area contributed by atoms with E-state index in [1.54, 1.807) is 0 Å². The second kappa shape index (κ2) is 40.7. The monoisotopic (exact) mass is 987 g/mol. The molecule has 13 N–H and O–H groups in total. The zero-order chi connectivity index (χ0) is 47.5. The third-order valence-electron chi connectivity index (χ3n) is 10.6. The summed E-state index contributed by atoms with van der Waals surface area (Å²) in [6.07, 6.45) is 25.7. The van der Waals surface area contributed by atoms with Gasteiger partial charge in [-0.05, 0) is 51.4 Å². The van der Waals surface area contributed by atoms with Crippen LogP contribution in [0.4, 0.5) is 0 Å². The van der Waals surface area contributed by atoms with E-state index in [-0.39, 0.29) is 25.1 Å². The number of esters is 2. The lowest BCUT2D eigenvalue weighted by Crippen LogP contribution is -2.64. The van der Waals surface area contributed by atoms with Gasteiger partial charge >= 0.3 is 11.9 Å². The molecule has 18 nitrogen and oxygen atoms in total. The molecule has 1 fully saturated rings. The van der Waals surface area contributed by atoms with Gasteiger partial charge < -0.3 is 70.5 Å². The van der Waals surface area contributed by atoms with Gasteiger partial charge in [0.25, 0.3) is 15.6 Å². The fourth-order valence-electron chi connectivity index (χ4n) is 6.95. The Hall–Kier alpha value is -2.12. The number of phosphoric ester groups is 2. The van der Waals surface area contributed by atoms with Crippen LogP contribution in [0, 0.1) is 0 Å². The summed E-state index contributed by atoms with van der Waals surface area (Å²) in [6.45, 7) is 2.92. The van der Waals surface area contributed by atoms with E-state index in [0.717, 1.165) is 51.4 Å². The van der Waals surface area contributed by atoms with Gasteiger partial charge in [0.15, 0.2) is 6.10 Å². The predicted octanol–water partition coefficient (Wildman–Crippen LogP) is 8.38. The quantitative estimate of drug-likeness (QED) is 0.0132. The summed E-state index contributed by atoms with van der Waals surface area (Å²) in [4.78, 5) is 58.5. The Morgan fingerprint density at radius 1 is 0.530 bits per heavy atom. The summed E-state index contributed by atoms with van der Waals surface area (Å²) in [5.74, 6) is -1.32. The van der Waals surface area contributed by atoms with Gasteiger partial charge in [-0.15, -0.1) is 0 Å². The van der Waals surface area contributed by atoms with Crippen LogP contribution in [0.5, 0.6) is 0 Å². The van der Waals surface area contributed by atoms with Crippen LogP contribution in [0.15, 0.2) is 48.6 Å². The first-order valence-corrected chi connectivity index (χ1v) is 26.6. The molecule has 1 saturated carbocycles. The van der Waals surface area contributed by atoms with Gasteiger partial charge in [-0.2, -0.15) is 0 Å². The zero-order valence-corrected chi connectivity index (χ0v) is 42.2. The number of unbranched alkanes of at least 4 members (excludes halogenated alkanes) is 17. The summed E-state index contributed by atoms with van der Waals surface area (Å²) in [5.41, 5.74) is 0. The number of hydrogen-bond donors (Lipinski definition) is 7. The molecule has 1 aliphatic rings. The normalized spacial score (nSPS) is 22.3. The molecule has 0 aromatic rings. The highest BCUT2D eigenvalue weighted by Gasteiger charge is 2.52. The number of carbonyl (C=O) groups is 2. The number of rotatable bonds is 39. The lowest BCUT2D eigenvalue weighted by molar-refractivity contribution is -0.271. The molecule has 0 aromatic heterocycles. The molecule has 388 valence electrons. The molecule has 0 radical (unpaired) electrons. The fraction of sp³-hybridized carbons (Fsp3) is 0.783. The maximum atomic E-state index is 12.8. The standard InChI is InChI=1S/C46H82O16P2.2H3N/c1-3-5-7-9-11-13-15-17-19-20-21-23-25-27-29-31-33-35-40(48)60-38(36-58-39(47)34-32-30-28-26-24-22-18-16-14-12-10-8-6-4-2)37-59-64(56,57)62-46-43(51)41(49)42(50)45(44(46)52)61-63(53,54)55;;/h11,13,17,19,21,23,27,29,38,41-46,49-52H,3-10,12,14-16,18,20,22,24-26,28,30-37H2,1-2H3,(H,56,57)(H2,53,54,55);2*1H3/b13-11-,19-17-,23-21-,29-27-;;/t38-,41-,42-,43-,44-,45+,46-;;/m1../s1. The molecule has 1 aliphatic carbocycles. The van der Waals surface area contributed by atoms with Crippen LogP contribution < -0.4 is 22.1 Å². The van der Waals surface area contributed by atoms with Crippen LogP contribution in [-0.2, 0) is 41.8 Å². The molecule has 0 aromatic carbocycles. The third kappa shape index (κ3) is 34.2. The Kier molecular flexibility index (Phi) is 40.7. The summed E-state index contributed by atoms with van der Waals surface area (Å²) in [7, 11) is -11.2. The molecule has 0 amide bonds. The van der Waals surface area contributed by atoms with E-state index in [1.807, 2.05) is 18.2 Å². The number of aliphatic hydroxyl groups excluding tert-OH is 4. The van der Waals surface area contributed by atoms with Crippen molar-refractivity contribution in [3.8, 4) is 0 Å². The third-order valence-corrected chi connectivity index (χ3v) is 12.1. The Balaban J connectivity index is 0. The Labute approximate surface area is 394 Å². The molecular weight excluding hydrogens is 898 g/mol. The van der Waals surface area contributed by atoms with Crippen molar-refractivity contribution in [2.45, 2.75) is 217 Å². The van der Waals surface area contributed by atoms with E-state index in [1.165, 1.54) is 77.0 Å². The lowest BCUT2D eigenvalue weighted by Gasteiger charge is -2.45. The van der Waals surface area contributed by atoms with E-state index in [0.29, 0.717) is 19.3 Å². The van der Waals surface area contributed by atoms with Crippen LogP contribution >= 0.6 is 15.6 Å². The smallest absolute Gasteiger partial charge is 0.306 e. The first-order valence-electron chi connectivity index (χ1n) is 23.6. The van der Waals surface area contributed by atoms with Crippen LogP contribution in [0.3, 0.4) is 0 Å². The SMILES string of the molecule is CCCCC/C=C\C/C=C\C/C=C\C/C=C\CCCC(=O)O[C@H](COC(=O)CCCCCCCCCCCCCCCC)COP(=O)([O-])O[C@H]1[C@H](O)[C@@H](OP(=O)([O-])O)[C@H](O)[C@@H](O)[C@H]1O.[NH4+].[NH4+]. The van der Waals surface area contributed by atoms with E-state index < -0.39 is 83.5 Å². The summed E-state index contributed by atoms with van der Waals surface area (Å²) in [6, 6.07) is 0. The van der Waals surface area contributed by atoms with Gasteiger partial charge in [0.2, 0.25) is 0 Å². The van der Waals surface area contributed by atoms with Gasteiger partial charge in [0.05, 0.1) is 6.61 Å². The minimum atomic E-state index is -5.63. The Bertz CT molecular complexity index is 1440. The number of carbonyl (C=O) groups excluding carboxylic acids is 2. The molecule has 0 aliphatic heterocycles. The molecule has 66 heavy (non-hydrogen) atoms. The summed E-state index contributed by atoms with van der Waals surface area (Å²) < 4.78 is 48.6. The molecular formula is C46H88N2O16P2. The van der Waals surface area contributed by atoms with Crippen LogP contribution in [-0.4, -0.2) is 93.2 Å². The Morgan fingerprint density at radius 3 is 1.42 bits per heavy atom. The number of allylic oxidation sites excluding steroid dienone is 8.